The van der Waals surface area contributed by atoms with Crippen molar-refractivity contribution >= 4 is 23.4 Å². The summed E-state index contributed by atoms with van der Waals surface area (Å²) >= 11 is 1.40. The highest BCUT2D eigenvalue weighted by molar-refractivity contribution is 8.00. The quantitative estimate of drug-likeness (QED) is 0.401. The van der Waals surface area contributed by atoms with Gasteiger partial charge in [-0.3, -0.25) is 14.3 Å². The number of aryl methyl sites for hydroxylation is 2. The summed E-state index contributed by atoms with van der Waals surface area (Å²) in [5.41, 5.74) is 4.97. The summed E-state index contributed by atoms with van der Waals surface area (Å²) in [5.74, 6) is 0.663. The SMILES string of the molecule is Cc1cccc(C)c1NC(=O)[C@@H](C)Sc1nnc(-c2cccnc2)n1Cc1ccccc1. The molecule has 0 aliphatic heterocycles. The lowest BCUT2D eigenvalue weighted by atomic mass is 10.1. The Balaban J connectivity index is 1.60. The number of nitrogens with zero attached hydrogens (tertiary/aromatic N) is 4. The summed E-state index contributed by atoms with van der Waals surface area (Å²) in [4.78, 5) is 17.2. The highest BCUT2D eigenvalue weighted by Gasteiger charge is 2.22. The van der Waals surface area contributed by atoms with Gasteiger partial charge in [-0.25, -0.2) is 0 Å². The number of pyridine rings is 1. The summed E-state index contributed by atoms with van der Waals surface area (Å²) in [6.45, 7) is 6.48. The topological polar surface area (TPSA) is 72.7 Å². The summed E-state index contributed by atoms with van der Waals surface area (Å²) in [6, 6.07) is 20.0. The van der Waals surface area contributed by atoms with Gasteiger partial charge < -0.3 is 5.32 Å². The molecule has 0 radical (unpaired) electrons. The van der Waals surface area contributed by atoms with E-state index in [-0.39, 0.29) is 11.2 Å². The van der Waals surface area contributed by atoms with Crippen molar-refractivity contribution in [1.29, 1.82) is 0 Å². The van der Waals surface area contributed by atoms with Crippen LogP contribution in [0.3, 0.4) is 0 Å². The van der Waals surface area contributed by atoms with Gasteiger partial charge in [-0.1, -0.05) is 60.3 Å². The maximum atomic E-state index is 13.0. The number of hydrogen-bond donors (Lipinski definition) is 1. The first-order valence-electron chi connectivity index (χ1n) is 10.4. The minimum absolute atomic E-state index is 0.0652. The second-order valence-corrected chi connectivity index (χ2v) is 8.94. The Labute approximate surface area is 192 Å². The maximum Gasteiger partial charge on any atom is 0.237 e. The number of aromatic nitrogens is 4. The van der Waals surface area contributed by atoms with Gasteiger partial charge in [0.2, 0.25) is 5.91 Å². The fourth-order valence-corrected chi connectivity index (χ4v) is 4.29. The molecule has 0 fully saturated rings. The van der Waals surface area contributed by atoms with E-state index in [4.69, 9.17) is 0 Å². The molecule has 2 aromatic heterocycles. The lowest BCUT2D eigenvalue weighted by molar-refractivity contribution is -0.115. The predicted molar refractivity (Wildman–Crippen MR) is 129 cm³/mol. The van der Waals surface area contributed by atoms with Gasteiger partial charge >= 0.3 is 0 Å². The molecule has 0 aliphatic rings. The second-order valence-electron chi connectivity index (χ2n) is 7.64. The third-order valence-corrected chi connectivity index (χ3v) is 6.28. The molecule has 0 bridgehead atoms. The van der Waals surface area contributed by atoms with E-state index in [2.05, 4.69) is 32.6 Å². The normalized spacial score (nSPS) is 11.8. The molecule has 4 rings (SSSR count). The van der Waals surface area contributed by atoms with Crippen molar-refractivity contribution in [3.8, 4) is 11.4 Å². The molecule has 1 N–H and O–H groups in total. The zero-order valence-electron chi connectivity index (χ0n) is 18.3. The summed E-state index contributed by atoms with van der Waals surface area (Å²) in [7, 11) is 0. The third kappa shape index (κ3) is 4.89. The van der Waals surface area contributed by atoms with Gasteiger partial charge in [0.25, 0.3) is 0 Å². The number of thioether (sulfide) groups is 1. The van der Waals surface area contributed by atoms with Gasteiger partial charge in [0.1, 0.15) is 0 Å². The molecule has 0 unspecified atom stereocenters. The van der Waals surface area contributed by atoms with Crippen LogP contribution in [0.2, 0.25) is 0 Å². The van der Waals surface area contributed by atoms with Gasteiger partial charge in [0, 0.05) is 23.6 Å². The lowest BCUT2D eigenvalue weighted by Crippen LogP contribution is -2.24. The van der Waals surface area contributed by atoms with E-state index in [0.717, 1.165) is 33.8 Å². The van der Waals surface area contributed by atoms with Crippen molar-refractivity contribution in [2.75, 3.05) is 5.32 Å². The molecule has 1 atom stereocenters. The Bertz CT molecular complexity index is 1190. The van der Waals surface area contributed by atoms with Crippen LogP contribution < -0.4 is 5.32 Å². The van der Waals surface area contributed by atoms with Crippen molar-refractivity contribution in [3.05, 3.63) is 89.7 Å². The lowest BCUT2D eigenvalue weighted by Gasteiger charge is -2.16. The van der Waals surface area contributed by atoms with E-state index >= 15 is 0 Å². The molecule has 6 nitrogen and oxygen atoms in total. The van der Waals surface area contributed by atoms with Gasteiger partial charge in [0.15, 0.2) is 11.0 Å². The van der Waals surface area contributed by atoms with Crippen LogP contribution in [0.4, 0.5) is 5.69 Å². The zero-order chi connectivity index (χ0) is 22.5. The van der Waals surface area contributed by atoms with E-state index in [1.807, 2.05) is 73.9 Å². The van der Waals surface area contributed by atoms with Crippen LogP contribution in [0.25, 0.3) is 11.4 Å². The van der Waals surface area contributed by atoms with E-state index in [9.17, 15) is 4.79 Å². The molecule has 7 heteroatoms. The Morgan fingerprint density at radius 3 is 2.44 bits per heavy atom. The average Bonchev–Trinajstić information content (AvgIpc) is 3.19. The smallest absolute Gasteiger partial charge is 0.237 e. The van der Waals surface area contributed by atoms with Crippen LogP contribution in [-0.4, -0.2) is 30.9 Å². The standard InChI is InChI=1S/C25H25N5OS/c1-17-9-7-10-18(2)22(17)27-24(31)19(3)32-25-29-28-23(21-13-8-14-26-15-21)30(25)16-20-11-5-4-6-12-20/h4-15,19H,16H2,1-3H3,(H,27,31)/t19-/m1/s1. The molecule has 32 heavy (non-hydrogen) atoms. The van der Waals surface area contributed by atoms with Gasteiger partial charge in [0.05, 0.1) is 11.8 Å². The number of para-hydroxylation sites is 1. The van der Waals surface area contributed by atoms with Crippen LogP contribution >= 0.6 is 11.8 Å². The molecule has 162 valence electrons. The highest BCUT2D eigenvalue weighted by Crippen LogP contribution is 2.29. The fraction of sp³-hybridized carbons (Fsp3) is 0.200. The minimum atomic E-state index is -0.352. The largest absolute Gasteiger partial charge is 0.325 e. The number of amides is 1. The van der Waals surface area contributed by atoms with E-state index < -0.39 is 0 Å². The van der Waals surface area contributed by atoms with Gasteiger partial charge in [-0.2, -0.15) is 0 Å². The third-order valence-electron chi connectivity index (χ3n) is 5.20. The van der Waals surface area contributed by atoms with E-state index in [1.54, 1.807) is 12.4 Å². The number of carbonyl (C=O) groups excluding carboxylic acids is 1. The van der Waals surface area contributed by atoms with Crippen LogP contribution in [0.1, 0.15) is 23.6 Å². The van der Waals surface area contributed by atoms with E-state index in [0.29, 0.717) is 11.7 Å². The van der Waals surface area contributed by atoms with Gasteiger partial charge in [-0.05, 0) is 49.6 Å². The van der Waals surface area contributed by atoms with Gasteiger partial charge in [-0.15, -0.1) is 10.2 Å². The average molecular weight is 444 g/mol. The van der Waals surface area contributed by atoms with Crippen molar-refractivity contribution in [2.24, 2.45) is 0 Å². The first-order valence-corrected chi connectivity index (χ1v) is 11.3. The van der Waals surface area contributed by atoms with Crippen LogP contribution in [0.5, 0.6) is 0 Å². The van der Waals surface area contributed by atoms with Crippen LogP contribution in [0, 0.1) is 13.8 Å². The number of nitrogens with one attached hydrogen (secondary N) is 1. The number of benzene rings is 2. The molecule has 0 aliphatic carbocycles. The minimum Gasteiger partial charge on any atom is -0.325 e. The molecule has 0 saturated carbocycles. The highest BCUT2D eigenvalue weighted by atomic mass is 32.2. The molecule has 1 amide bonds. The Morgan fingerprint density at radius 1 is 1.00 bits per heavy atom. The monoisotopic (exact) mass is 443 g/mol. The number of rotatable bonds is 7. The molecule has 2 heterocycles. The molecular formula is C25H25N5OS. The molecule has 0 spiro atoms. The first-order chi connectivity index (χ1) is 15.5. The molecule has 4 aromatic rings. The predicted octanol–water partition coefficient (Wildman–Crippen LogP) is 5.12. The summed E-state index contributed by atoms with van der Waals surface area (Å²) < 4.78 is 2.04. The summed E-state index contributed by atoms with van der Waals surface area (Å²) in [5, 5.41) is 12.3. The van der Waals surface area contributed by atoms with Crippen molar-refractivity contribution < 1.29 is 4.79 Å². The summed E-state index contributed by atoms with van der Waals surface area (Å²) in [6.07, 6.45) is 3.51. The van der Waals surface area contributed by atoms with Crippen molar-refractivity contribution in [3.63, 3.8) is 0 Å². The second kappa shape index (κ2) is 9.78. The number of anilines is 1. The number of carbonyl (C=O) groups is 1. The zero-order valence-corrected chi connectivity index (χ0v) is 19.1. The van der Waals surface area contributed by atoms with Crippen LogP contribution in [-0.2, 0) is 11.3 Å². The first kappa shape index (κ1) is 21.8. The molecular weight excluding hydrogens is 418 g/mol. The maximum absolute atomic E-state index is 13.0. The molecule has 2 aromatic carbocycles. The molecule has 0 saturated heterocycles. The van der Waals surface area contributed by atoms with E-state index in [1.165, 1.54) is 11.8 Å². The van der Waals surface area contributed by atoms with Crippen molar-refractivity contribution in [1.82, 2.24) is 19.7 Å². The Kier molecular flexibility index (Phi) is 6.66. The van der Waals surface area contributed by atoms with Crippen molar-refractivity contribution in [2.45, 2.75) is 37.7 Å². The fourth-order valence-electron chi connectivity index (χ4n) is 3.44. The van der Waals surface area contributed by atoms with Crippen LogP contribution in [0.15, 0.2) is 78.2 Å². The Hall–Kier alpha value is -3.45. The Morgan fingerprint density at radius 2 is 1.75 bits per heavy atom. The number of hydrogen-bond acceptors (Lipinski definition) is 5.